The minimum absolute atomic E-state index is 0.0740. The summed E-state index contributed by atoms with van der Waals surface area (Å²) in [6.07, 6.45) is 1.06. The van der Waals surface area contributed by atoms with E-state index in [1.165, 1.54) is 7.05 Å². The van der Waals surface area contributed by atoms with Crippen LogP contribution < -0.4 is 10.1 Å². The number of hydrogen-bond donors (Lipinski definition) is 1. The lowest BCUT2D eigenvalue weighted by atomic mass is 9.66. The lowest BCUT2D eigenvalue weighted by Crippen LogP contribution is -2.54. The smallest absolute Gasteiger partial charge is 0.282 e. The van der Waals surface area contributed by atoms with Crippen molar-refractivity contribution in [3.05, 3.63) is 39.4 Å². The summed E-state index contributed by atoms with van der Waals surface area (Å²) in [5, 5.41) is 10.3. The highest BCUT2D eigenvalue weighted by Crippen LogP contribution is 2.47. The molecule has 5 rings (SSSR count). The molecule has 2 aromatic rings. The second kappa shape index (κ2) is 12.3. The van der Waals surface area contributed by atoms with Crippen LogP contribution in [0, 0.1) is 17.2 Å². The van der Waals surface area contributed by atoms with Crippen molar-refractivity contribution in [2.45, 2.75) is 70.9 Å². The van der Waals surface area contributed by atoms with Crippen LogP contribution >= 0.6 is 11.6 Å². The Hall–Kier alpha value is -3.35. The average Bonchev–Trinajstić information content (AvgIpc) is 3.56. The first-order valence-corrected chi connectivity index (χ1v) is 15.0. The molecule has 1 aromatic carbocycles. The maximum Gasteiger partial charge on any atom is 0.282 e. The SMILES string of the molecule is CNC(=O)[C@@]1(C)CCCC[C@H]1C(=O)N1CCc2c(Cl)cc(F)c(OCc3nnn(C)c3C(F)F)c2[C@H]1CN1CCCC1=O. The molecule has 0 unspecified atom stereocenters. The van der Waals surface area contributed by atoms with E-state index in [1.807, 2.05) is 0 Å². The number of fused-ring (bicyclic) bond motifs is 1. The molecule has 1 aromatic heterocycles. The number of hydrogen-bond acceptors (Lipinski definition) is 6. The van der Waals surface area contributed by atoms with Crippen LogP contribution in [0.15, 0.2) is 6.07 Å². The van der Waals surface area contributed by atoms with E-state index in [2.05, 4.69) is 15.6 Å². The van der Waals surface area contributed by atoms with E-state index in [0.29, 0.717) is 43.4 Å². The Balaban J connectivity index is 1.57. The Bertz CT molecular complexity index is 1420. The van der Waals surface area contributed by atoms with E-state index in [4.69, 9.17) is 16.3 Å². The first-order chi connectivity index (χ1) is 20.5. The third-order valence-corrected chi connectivity index (χ3v) is 9.58. The predicted octanol–water partition coefficient (Wildman–Crippen LogP) is 4.11. The van der Waals surface area contributed by atoms with Gasteiger partial charge in [0.05, 0.1) is 17.4 Å². The molecule has 0 bridgehead atoms. The van der Waals surface area contributed by atoms with Crippen LogP contribution in [-0.2, 0) is 34.5 Å². The summed E-state index contributed by atoms with van der Waals surface area (Å²) in [4.78, 5) is 43.5. The number of benzene rings is 1. The van der Waals surface area contributed by atoms with E-state index in [9.17, 15) is 23.2 Å². The van der Waals surface area contributed by atoms with Gasteiger partial charge in [0.2, 0.25) is 17.7 Å². The van der Waals surface area contributed by atoms with Crippen molar-refractivity contribution in [3.63, 3.8) is 0 Å². The number of carbonyl (C=O) groups is 3. The summed E-state index contributed by atoms with van der Waals surface area (Å²) in [5.74, 6) is -2.25. The van der Waals surface area contributed by atoms with Gasteiger partial charge in [-0.25, -0.2) is 17.9 Å². The lowest BCUT2D eigenvalue weighted by molar-refractivity contribution is -0.153. The largest absolute Gasteiger partial charge is 0.484 e. The molecule has 1 saturated heterocycles. The van der Waals surface area contributed by atoms with E-state index in [1.54, 1.807) is 23.8 Å². The number of amides is 3. The van der Waals surface area contributed by atoms with Crippen molar-refractivity contribution in [1.29, 1.82) is 0 Å². The van der Waals surface area contributed by atoms with Gasteiger partial charge in [0.15, 0.2) is 11.6 Å². The maximum atomic E-state index is 15.7. The second-order valence-electron chi connectivity index (χ2n) is 11.7. The van der Waals surface area contributed by atoms with Gasteiger partial charge in [-0.05, 0) is 44.2 Å². The Kier molecular flexibility index (Phi) is 8.92. The zero-order chi connectivity index (χ0) is 31.1. The van der Waals surface area contributed by atoms with Gasteiger partial charge in [-0.2, -0.15) is 0 Å². The quantitative estimate of drug-likeness (QED) is 0.473. The van der Waals surface area contributed by atoms with Crippen LogP contribution in [0.25, 0.3) is 0 Å². The monoisotopic (exact) mass is 624 g/mol. The maximum absolute atomic E-state index is 15.7. The number of nitrogens with zero attached hydrogens (tertiary/aromatic N) is 5. The van der Waals surface area contributed by atoms with Gasteiger partial charge in [0, 0.05) is 50.7 Å². The van der Waals surface area contributed by atoms with Gasteiger partial charge in [0.25, 0.3) is 6.43 Å². The summed E-state index contributed by atoms with van der Waals surface area (Å²) >= 11 is 6.54. The number of nitrogens with one attached hydrogen (secondary N) is 1. The van der Waals surface area contributed by atoms with Crippen LogP contribution in [0.1, 0.15) is 80.4 Å². The number of alkyl halides is 2. The minimum atomic E-state index is -2.88. The zero-order valence-electron chi connectivity index (χ0n) is 24.5. The topological polar surface area (TPSA) is 110 Å². The van der Waals surface area contributed by atoms with Crippen molar-refractivity contribution >= 4 is 29.3 Å². The number of ether oxygens (including phenoxy) is 1. The fourth-order valence-corrected chi connectivity index (χ4v) is 7.21. The highest BCUT2D eigenvalue weighted by atomic mass is 35.5. The molecule has 10 nitrogen and oxygen atoms in total. The number of carbonyl (C=O) groups excluding carboxylic acids is 3. The molecule has 14 heteroatoms. The van der Waals surface area contributed by atoms with E-state index < -0.39 is 41.9 Å². The van der Waals surface area contributed by atoms with E-state index in [-0.39, 0.29) is 53.7 Å². The fourth-order valence-electron chi connectivity index (χ4n) is 6.92. The van der Waals surface area contributed by atoms with Crippen LogP contribution in [0.5, 0.6) is 5.75 Å². The third-order valence-electron chi connectivity index (χ3n) is 9.24. The number of likely N-dealkylation sites (tertiary alicyclic amines) is 1. The average molecular weight is 625 g/mol. The zero-order valence-corrected chi connectivity index (χ0v) is 25.2. The summed E-state index contributed by atoms with van der Waals surface area (Å²) in [6, 6.07) is 0.272. The molecule has 234 valence electrons. The first kappa shape index (κ1) is 31.1. The molecule has 3 atom stereocenters. The van der Waals surface area contributed by atoms with Gasteiger partial charge >= 0.3 is 0 Å². The predicted molar refractivity (Wildman–Crippen MR) is 150 cm³/mol. The summed E-state index contributed by atoms with van der Waals surface area (Å²) in [6.45, 7) is 2.09. The summed E-state index contributed by atoms with van der Waals surface area (Å²) in [5.41, 5.74) is -0.687. The molecule has 0 spiro atoms. The van der Waals surface area contributed by atoms with Crippen LogP contribution in [0.3, 0.4) is 0 Å². The molecule has 2 aliphatic heterocycles. The Morgan fingerprint density at radius 1 is 1.23 bits per heavy atom. The molecular weight excluding hydrogens is 589 g/mol. The van der Waals surface area contributed by atoms with Crippen molar-refractivity contribution in [2.75, 3.05) is 26.7 Å². The van der Waals surface area contributed by atoms with Gasteiger partial charge in [-0.15, -0.1) is 5.10 Å². The standard InChI is InChI=1S/C29H36ClF3N6O4/c1-29(28(42)34-2)10-5-4-7-17(29)27(41)39-12-9-16-18(30)13-19(31)25(23(16)21(39)14-38-11-6-8-22(38)40)43-15-20-24(26(32)33)37(3)36-35-20/h13,17,21,26H,4-12,14-15H2,1-3H3,(H,34,42)/t17-,21+,29-/m0/s1. The Labute approximate surface area is 252 Å². The minimum Gasteiger partial charge on any atom is -0.484 e. The highest BCUT2D eigenvalue weighted by molar-refractivity contribution is 6.31. The third kappa shape index (κ3) is 5.67. The van der Waals surface area contributed by atoms with Crippen LogP contribution in [-0.4, -0.2) is 69.2 Å². The van der Waals surface area contributed by atoms with Crippen molar-refractivity contribution in [2.24, 2.45) is 18.4 Å². The molecule has 3 heterocycles. The molecular formula is C29H36ClF3N6O4. The fraction of sp³-hybridized carbons (Fsp3) is 0.621. The first-order valence-electron chi connectivity index (χ1n) is 14.6. The van der Waals surface area contributed by atoms with Gasteiger partial charge in [-0.1, -0.05) is 29.7 Å². The number of aryl methyl sites for hydroxylation is 1. The molecule has 3 amide bonds. The summed E-state index contributed by atoms with van der Waals surface area (Å²) < 4.78 is 49.9. The molecule has 1 N–H and O–H groups in total. The Morgan fingerprint density at radius 2 is 2.00 bits per heavy atom. The molecule has 2 fully saturated rings. The molecule has 0 radical (unpaired) electrons. The molecule has 3 aliphatic rings. The van der Waals surface area contributed by atoms with Crippen molar-refractivity contribution in [3.8, 4) is 5.75 Å². The number of halogens is 4. The van der Waals surface area contributed by atoms with E-state index in [0.717, 1.165) is 23.6 Å². The second-order valence-corrected chi connectivity index (χ2v) is 12.1. The highest BCUT2D eigenvalue weighted by Gasteiger charge is 2.49. The number of rotatable bonds is 8. The van der Waals surface area contributed by atoms with Crippen molar-refractivity contribution < 1.29 is 32.3 Å². The van der Waals surface area contributed by atoms with E-state index >= 15 is 4.39 Å². The lowest BCUT2D eigenvalue weighted by Gasteiger charge is -2.46. The normalized spacial score (nSPS) is 24.0. The van der Waals surface area contributed by atoms with Crippen LogP contribution in [0.4, 0.5) is 13.2 Å². The molecule has 1 aliphatic carbocycles. The number of aromatic nitrogens is 3. The van der Waals surface area contributed by atoms with Crippen molar-refractivity contribution in [1.82, 2.24) is 30.1 Å². The van der Waals surface area contributed by atoms with Gasteiger partial charge < -0.3 is 19.9 Å². The van der Waals surface area contributed by atoms with Gasteiger partial charge in [-0.3, -0.25) is 14.4 Å². The van der Waals surface area contributed by atoms with Gasteiger partial charge in [0.1, 0.15) is 18.0 Å². The molecule has 1 saturated carbocycles. The molecule has 43 heavy (non-hydrogen) atoms. The summed E-state index contributed by atoms with van der Waals surface area (Å²) in [7, 11) is 2.88. The Morgan fingerprint density at radius 3 is 2.67 bits per heavy atom. The van der Waals surface area contributed by atoms with Crippen LogP contribution in [0.2, 0.25) is 5.02 Å².